The molecule has 0 unspecified atom stereocenters. The molecule has 3 rings (SSSR count). The highest BCUT2D eigenvalue weighted by atomic mass is 19.4. The van der Waals surface area contributed by atoms with Gasteiger partial charge >= 0.3 is 6.18 Å². The van der Waals surface area contributed by atoms with E-state index in [0.29, 0.717) is 0 Å². The maximum atomic E-state index is 13.2. The van der Waals surface area contributed by atoms with E-state index in [1.807, 2.05) is 23.4 Å². The molecule has 0 spiro atoms. The molecule has 5 nitrogen and oxygen atoms in total. The summed E-state index contributed by atoms with van der Waals surface area (Å²) >= 11 is 0. The van der Waals surface area contributed by atoms with E-state index in [0.717, 1.165) is 5.56 Å². The fraction of sp³-hybridized carbons (Fsp3) is 0.118. The van der Waals surface area contributed by atoms with Gasteiger partial charge in [-0.05, 0) is 17.7 Å². The normalized spacial score (nSPS) is 12.4. The Labute approximate surface area is 140 Å². The van der Waals surface area contributed by atoms with Gasteiger partial charge in [-0.1, -0.05) is 42.5 Å². The van der Waals surface area contributed by atoms with Crippen LogP contribution >= 0.6 is 0 Å². The van der Waals surface area contributed by atoms with Crippen molar-refractivity contribution in [3.63, 3.8) is 0 Å². The fourth-order valence-corrected chi connectivity index (χ4v) is 2.31. The summed E-state index contributed by atoms with van der Waals surface area (Å²) in [5, 5.41) is 18.9. The Morgan fingerprint density at radius 3 is 2.36 bits per heavy atom. The second-order valence-corrected chi connectivity index (χ2v) is 5.19. The van der Waals surface area contributed by atoms with E-state index in [1.165, 1.54) is 12.1 Å². The maximum Gasteiger partial charge on any atom is 0.437 e. The molecular formula is C17H13F3N4O. The van der Waals surface area contributed by atoms with Crippen molar-refractivity contribution in [2.45, 2.75) is 12.7 Å². The van der Waals surface area contributed by atoms with Gasteiger partial charge in [-0.3, -0.25) is 4.99 Å². The molecule has 0 fully saturated rings. The summed E-state index contributed by atoms with van der Waals surface area (Å²) in [7, 11) is 0. The first-order valence-electron chi connectivity index (χ1n) is 7.32. The molecule has 0 saturated carbocycles. The van der Waals surface area contributed by atoms with E-state index >= 15 is 0 Å². The molecule has 2 aromatic carbocycles. The quantitative estimate of drug-likeness (QED) is 0.709. The van der Waals surface area contributed by atoms with Gasteiger partial charge in [0.05, 0.1) is 12.3 Å². The summed E-state index contributed by atoms with van der Waals surface area (Å²) in [5.41, 5.74) is -0.749. The minimum Gasteiger partial charge on any atom is -0.507 e. The number of hydrogen-bond donors (Lipinski definition) is 2. The molecule has 0 atom stereocenters. The van der Waals surface area contributed by atoms with Crippen molar-refractivity contribution in [2.24, 2.45) is 4.99 Å². The number of aromatic hydroxyl groups is 1. The van der Waals surface area contributed by atoms with Gasteiger partial charge in [-0.25, -0.2) is 0 Å². The lowest BCUT2D eigenvalue weighted by molar-refractivity contribution is -0.141. The van der Waals surface area contributed by atoms with E-state index in [2.05, 4.69) is 15.2 Å². The molecule has 128 valence electrons. The molecule has 1 aromatic heterocycles. The SMILES string of the molecule is Oc1ccccc1C(=NCc1ccccc1)c1n[nH]nc1C(F)(F)F. The van der Waals surface area contributed by atoms with Crippen LogP contribution in [0, 0.1) is 0 Å². The molecular weight excluding hydrogens is 333 g/mol. The molecule has 0 aliphatic heterocycles. The molecule has 0 aliphatic carbocycles. The number of nitrogens with zero attached hydrogens (tertiary/aromatic N) is 3. The highest BCUT2D eigenvalue weighted by molar-refractivity contribution is 6.13. The van der Waals surface area contributed by atoms with Gasteiger partial charge in [-0.15, -0.1) is 0 Å². The number of nitrogens with one attached hydrogen (secondary N) is 1. The van der Waals surface area contributed by atoms with Crippen LogP contribution in [0.2, 0.25) is 0 Å². The van der Waals surface area contributed by atoms with Crippen LogP contribution in [-0.4, -0.2) is 26.2 Å². The van der Waals surface area contributed by atoms with Crippen LogP contribution in [0.4, 0.5) is 13.2 Å². The smallest absolute Gasteiger partial charge is 0.437 e. The minimum atomic E-state index is -4.69. The third-order valence-electron chi connectivity index (χ3n) is 3.46. The monoisotopic (exact) mass is 346 g/mol. The largest absolute Gasteiger partial charge is 0.507 e. The number of benzene rings is 2. The number of hydrogen-bond acceptors (Lipinski definition) is 4. The Balaban J connectivity index is 2.11. The zero-order valence-electron chi connectivity index (χ0n) is 12.8. The first-order chi connectivity index (χ1) is 12.0. The number of para-hydroxylation sites is 1. The van der Waals surface area contributed by atoms with Crippen LogP contribution in [0.5, 0.6) is 5.75 Å². The number of aliphatic imine (C=N–C) groups is 1. The third-order valence-corrected chi connectivity index (χ3v) is 3.46. The maximum absolute atomic E-state index is 13.2. The molecule has 0 radical (unpaired) electrons. The lowest BCUT2D eigenvalue weighted by Crippen LogP contribution is -2.15. The molecule has 3 aromatic rings. The Kier molecular flexibility index (Phi) is 4.51. The average Bonchev–Trinajstić information content (AvgIpc) is 3.07. The van der Waals surface area contributed by atoms with Crippen molar-refractivity contribution in [3.8, 4) is 5.75 Å². The van der Waals surface area contributed by atoms with Gasteiger partial charge in [0.15, 0.2) is 5.69 Å². The first kappa shape index (κ1) is 16.7. The summed E-state index contributed by atoms with van der Waals surface area (Å²) in [6.07, 6.45) is -4.69. The second kappa shape index (κ2) is 6.76. The molecule has 0 bridgehead atoms. The Hall–Kier alpha value is -3.16. The van der Waals surface area contributed by atoms with E-state index in [4.69, 9.17) is 0 Å². The van der Waals surface area contributed by atoms with E-state index in [1.54, 1.807) is 24.3 Å². The topological polar surface area (TPSA) is 74.2 Å². The van der Waals surface area contributed by atoms with Gasteiger partial charge in [0, 0.05) is 5.56 Å². The highest BCUT2D eigenvalue weighted by Gasteiger charge is 2.39. The molecule has 1 heterocycles. The van der Waals surface area contributed by atoms with E-state index in [-0.39, 0.29) is 23.6 Å². The predicted octanol–water partition coefficient (Wildman–Crippen LogP) is 3.57. The average molecular weight is 346 g/mol. The molecule has 0 amide bonds. The summed E-state index contributed by atoms with van der Waals surface area (Å²) in [4.78, 5) is 4.28. The molecule has 0 saturated heterocycles. The van der Waals surface area contributed by atoms with Gasteiger partial charge in [0.2, 0.25) is 0 Å². The highest BCUT2D eigenvalue weighted by Crippen LogP contribution is 2.31. The number of aromatic nitrogens is 3. The van der Waals surface area contributed by atoms with Crippen molar-refractivity contribution in [1.82, 2.24) is 15.4 Å². The van der Waals surface area contributed by atoms with Gasteiger partial charge in [0.1, 0.15) is 11.4 Å². The fourth-order valence-electron chi connectivity index (χ4n) is 2.31. The first-order valence-corrected chi connectivity index (χ1v) is 7.32. The summed E-state index contributed by atoms with van der Waals surface area (Å²) in [5.74, 6) is -0.189. The third kappa shape index (κ3) is 3.68. The van der Waals surface area contributed by atoms with Crippen LogP contribution in [-0.2, 0) is 12.7 Å². The lowest BCUT2D eigenvalue weighted by atomic mass is 10.0. The van der Waals surface area contributed by atoms with E-state index < -0.39 is 17.6 Å². The number of H-pyrrole nitrogens is 1. The molecule has 0 aliphatic rings. The van der Waals surface area contributed by atoms with Crippen LogP contribution in [0.15, 0.2) is 59.6 Å². The van der Waals surface area contributed by atoms with Crippen LogP contribution in [0.25, 0.3) is 0 Å². The summed E-state index contributed by atoms with van der Waals surface area (Å²) < 4.78 is 39.5. The van der Waals surface area contributed by atoms with Crippen LogP contribution in [0.1, 0.15) is 22.5 Å². The van der Waals surface area contributed by atoms with Crippen molar-refractivity contribution < 1.29 is 18.3 Å². The molecule has 2 N–H and O–H groups in total. The zero-order chi connectivity index (χ0) is 17.9. The lowest BCUT2D eigenvalue weighted by Gasteiger charge is -2.10. The van der Waals surface area contributed by atoms with Crippen LogP contribution in [0.3, 0.4) is 0 Å². The Morgan fingerprint density at radius 1 is 1.00 bits per heavy atom. The number of alkyl halides is 3. The van der Waals surface area contributed by atoms with Crippen molar-refractivity contribution >= 4 is 5.71 Å². The standard InChI is InChI=1S/C17H13F3N4O/c18-17(19,20)16-15(22-24-23-16)14(12-8-4-5-9-13(12)25)21-10-11-6-2-1-3-7-11/h1-9,25H,10H2,(H,22,23,24). The number of rotatable bonds is 4. The molecule has 8 heteroatoms. The van der Waals surface area contributed by atoms with Crippen molar-refractivity contribution in [1.29, 1.82) is 0 Å². The minimum absolute atomic E-state index is 0.0805. The van der Waals surface area contributed by atoms with Gasteiger partial charge in [-0.2, -0.15) is 28.6 Å². The van der Waals surface area contributed by atoms with Crippen LogP contribution < -0.4 is 0 Å². The number of aromatic amines is 1. The summed E-state index contributed by atoms with van der Waals surface area (Å²) in [6, 6.07) is 15.1. The Bertz CT molecular complexity index is 888. The van der Waals surface area contributed by atoms with Crippen molar-refractivity contribution in [2.75, 3.05) is 0 Å². The van der Waals surface area contributed by atoms with Gasteiger partial charge < -0.3 is 5.11 Å². The summed E-state index contributed by atoms with van der Waals surface area (Å²) in [6.45, 7) is 0.134. The number of phenols is 1. The second-order valence-electron chi connectivity index (χ2n) is 5.19. The predicted molar refractivity (Wildman–Crippen MR) is 85.3 cm³/mol. The molecule has 25 heavy (non-hydrogen) atoms. The zero-order valence-corrected chi connectivity index (χ0v) is 12.8. The Morgan fingerprint density at radius 2 is 1.68 bits per heavy atom. The van der Waals surface area contributed by atoms with Gasteiger partial charge in [0.25, 0.3) is 0 Å². The number of phenolic OH excluding ortho intramolecular Hbond substituents is 1. The number of halogens is 3. The van der Waals surface area contributed by atoms with E-state index in [9.17, 15) is 18.3 Å². The van der Waals surface area contributed by atoms with Crippen molar-refractivity contribution in [3.05, 3.63) is 77.1 Å².